The summed E-state index contributed by atoms with van der Waals surface area (Å²) in [6, 6.07) is 12.4. The van der Waals surface area contributed by atoms with E-state index in [9.17, 15) is 0 Å². The molecule has 2 heterocycles. The van der Waals surface area contributed by atoms with Crippen LogP contribution in [0.15, 0.2) is 58.4 Å². The molecule has 0 spiro atoms. The molecule has 1 aliphatic rings. The average Bonchev–Trinajstić information content (AvgIpc) is 3.05. The van der Waals surface area contributed by atoms with Crippen LogP contribution >= 0.6 is 11.8 Å². The van der Waals surface area contributed by atoms with Crippen molar-refractivity contribution in [3.8, 4) is 11.5 Å². The fourth-order valence-electron chi connectivity index (χ4n) is 2.82. The van der Waals surface area contributed by atoms with Gasteiger partial charge in [-0.25, -0.2) is 0 Å². The van der Waals surface area contributed by atoms with Gasteiger partial charge < -0.3 is 4.42 Å². The van der Waals surface area contributed by atoms with Gasteiger partial charge >= 0.3 is 0 Å². The average molecular weight is 309 g/mol. The number of benzene rings is 1. The predicted octanol–water partition coefficient (Wildman–Crippen LogP) is 4.30. The SMILES string of the molecule is c1cncc(-c2nnc(SC3CCCc4ccccc43)o2)c1. The Balaban J connectivity index is 1.57. The molecular formula is C17H15N3OS. The first-order valence-corrected chi connectivity index (χ1v) is 8.26. The first-order chi connectivity index (χ1) is 10.9. The van der Waals surface area contributed by atoms with Gasteiger partial charge in [0, 0.05) is 17.6 Å². The summed E-state index contributed by atoms with van der Waals surface area (Å²) in [6.07, 6.45) is 6.98. The van der Waals surface area contributed by atoms with E-state index in [2.05, 4.69) is 39.4 Å². The molecule has 2 aromatic heterocycles. The lowest BCUT2D eigenvalue weighted by molar-refractivity contribution is 0.463. The van der Waals surface area contributed by atoms with Crippen molar-refractivity contribution >= 4 is 11.8 Å². The van der Waals surface area contributed by atoms with E-state index in [1.165, 1.54) is 17.5 Å². The fraction of sp³-hybridized carbons (Fsp3) is 0.235. The fourth-order valence-corrected chi connectivity index (χ4v) is 3.92. The number of aryl methyl sites for hydroxylation is 1. The summed E-state index contributed by atoms with van der Waals surface area (Å²) in [7, 11) is 0. The Kier molecular flexibility index (Phi) is 3.64. The topological polar surface area (TPSA) is 51.8 Å². The van der Waals surface area contributed by atoms with Gasteiger partial charge in [-0.15, -0.1) is 10.2 Å². The molecule has 0 radical (unpaired) electrons. The summed E-state index contributed by atoms with van der Waals surface area (Å²) in [6.45, 7) is 0. The summed E-state index contributed by atoms with van der Waals surface area (Å²) in [4.78, 5) is 4.08. The molecule has 0 fully saturated rings. The maximum absolute atomic E-state index is 5.79. The zero-order valence-electron chi connectivity index (χ0n) is 12.0. The highest BCUT2D eigenvalue weighted by Crippen LogP contribution is 2.43. The number of hydrogen-bond acceptors (Lipinski definition) is 5. The van der Waals surface area contributed by atoms with Crippen molar-refractivity contribution < 1.29 is 4.42 Å². The van der Waals surface area contributed by atoms with Crippen LogP contribution in [0.1, 0.15) is 29.2 Å². The van der Waals surface area contributed by atoms with E-state index in [1.807, 2.05) is 12.1 Å². The van der Waals surface area contributed by atoms with Gasteiger partial charge in [0.2, 0.25) is 5.89 Å². The maximum Gasteiger partial charge on any atom is 0.277 e. The zero-order chi connectivity index (χ0) is 14.8. The molecule has 110 valence electrons. The van der Waals surface area contributed by atoms with Crippen LogP contribution in [0.4, 0.5) is 0 Å². The molecule has 1 unspecified atom stereocenters. The van der Waals surface area contributed by atoms with Crippen LogP contribution in [0.25, 0.3) is 11.5 Å². The largest absolute Gasteiger partial charge is 0.411 e. The van der Waals surface area contributed by atoms with Crippen molar-refractivity contribution in [1.29, 1.82) is 0 Å². The highest BCUT2D eigenvalue weighted by molar-refractivity contribution is 7.99. The minimum atomic E-state index is 0.396. The molecule has 0 aliphatic heterocycles. The van der Waals surface area contributed by atoms with Gasteiger partial charge in [-0.2, -0.15) is 0 Å². The number of rotatable bonds is 3. The summed E-state index contributed by atoms with van der Waals surface area (Å²) in [5.74, 6) is 0.527. The molecule has 0 amide bonds. The van der Waals surface area contributed by atoms with Gasteiger partial charge in [0.05, 0.1) is 5.56 Å². The molecule has 0 saturated heterocycles. The monoisotopic (exact) mass is 309 g/mol. The Labute approximate surface area is 133 Å². The van der Waals surface area contributed by atoms with Gasteiger partial charge in [-0.1, -0.05) is 36.0 Å². The molecule has 4 nitrogen and oxygen atoms in total. The quantitative estimate of drug-likeness (QED) is 0.722. The number of nitrogens with zero attached hydrogens (tertiary/aromatic N) is 3. The van der Waals surface area contributed by atoms with E-state index < -0.39 is 0 Å². The zero-order valence-corrected chi connectivity index (χ0v) is 12.8. The third kappa shape index (κ3) is 2.64. The molecular weight excluding hydrogens is 294 g/mol. The Hall–Kier alpha value is -2.14. The van der Waals surface area contributed by atoms with Crippen LogP contribution in [0.2, 0.25) is 0 Å². The minimum absolute atomic E-state index is 0.396. The van der Waals surface area contributed by atoms with Gasteiger partial charge in [-0.05, 0) is 42.5 Å². The van der Waals surface area contributed by atoms with Gasteiger partial charge in [-0.3, -0.25) is 4.98 Å². The highest BCUT2D eigenvalue weighted by atomic mass is 32.2. The summed E-state index contributed by atoms with van der Waals surface area (Å²) in [5.41, 5.74) is 3.70. The van der Waals surface area contributed by atoms with Crippen LogP contribution in [0.3, 0.4) is 0 Å². The standard InChI is InChI=1S/C17H15N3OS/c1-2-8-14-12(5-1)6-3-9-15(14)22-17-20-19-16(21-17)13-7-4-10-18-11-13/h1-2,4-5,7-8,10-11,15H,3,6,9H2. The smallest absolute Gasteiger partial charge is 0.277 e. The highest BCUT2D eigenvalue weighted by Gasteiger charge is 2.23. The maximum atomic E-state index is 5.79. The second-order valence-corrected chi connectivity index (χ2v) is 6.47. The van der Waals surface area contributed by atoms with E-state index in [0.717, 1.165) is 18.4 Å². The van der Waals surface area contributed by atoms with Crippen LogP contribution in [-0.2, 0) is 6.42 Å². The molecule has 1 atom stereocenters. The first-order valence-electron chi connectivity index (χ1n) is 7.38. The third-order valence-corrected chi connectivity index (χ3v) is 5.01. The van der Waals surface area contributed by atoms with Crippen molar-refractivity contribution in [2.45, 2.75) is 29.7 Å². The minimum Gasteiger partial charge on any atom is -0.411 e. The Bertz CT molecular complexity index is 772. The van der Waals surface area contributed by atoms with E-state index in [4.69, 9.17) is 4.42 Å². The van der Waals surface area contributed by atoms with Crippen molar-refractivity contribution in [2.24, 2.45) is 0 Å². The third-order valence-electron chi connectivity index (χ3n) is 3.87. The number of fused-ring (bicyclic) bond motifs is 1. The second-order valence-electron chi connectivity index (χ2n) is 5.31. The normalized spacial score (nSPS) is 17.2. The van der Waals surface area contributed by atoms with Crippen molar-refractivity contribution in [1.82, 2.24) is 15.2 Å². The Morgan fingerprint density at radius 2 is 2.05 bits per heavy atom. The van der Waals surface area contributed by atoms with E-state index in [1.54, 1.807) is 24.2 Å². The van der Waals surface area contributed by atoms with Crippen molar-refractivity contribution in [3.63, 3.8) is 0 Å². The van der Waals surface area contributed by atoms with Gasteiger partial charge in [0.25, 0.3) is 5.22 Å². The molecule has 4 rings (SSSR count). The summed E-state index contributed by atoms with van der Waals surface area (Å²) < 4.78 is 5.79. The Morgan fingerprint density at radius 1 is 1.09 bits per heavy atom. The van der Waals surface area contributed by atoms with Crippen molar-refractivity contribution in [3.05, 3.63) is 59.9 Å². The van der Waals surface area contributed by atoms with E-state index in [-0.39, 0.29) is 0 Å². The predicted molar refractivity (Wildman–Crippen MR) is 85.5 cm³/mol. The molecule has 1 aliphatic carbocycles. The van der Waals surface area contributed by atoms with Crippen LogP contribution in [-0.4, -0.2) is 15.2 Å². The first kappa shape index (κ1) is 13.5. The van der Waals surface area contributed by atoms with Crippen LogP contribution in [0, 0.1) is 0 Å². The second kappa shape index (κ2) is 5.93. The van der Waals surface area contributed by atoms with Gasteiger partial charge in [0.1, 0.15) is 0 Å². The lowest BCUT2D eigenvalue weighted by Crippen LogP contribution is -2.06. The lowest BCUT2D eigenvalue weighted by atomic mass is 9.91. The van der Waals surface area contributed by atoms with Crippen LogP contribution in [0.5, 0.6) is 0 Å². The lowest BCUT2D eigenvalue weighted by Gasteiger charge is -2.23. The number of thioether (sulfide) groups is 1. The number of aromatic nitrogens is 3. The van der Waals surface area contributed by atoms with E-state index in [0.29, 0.717) is 16.4 Å². The summed E-state index contributed by atoms with van der Waals surface area (Å²) in [5, 5.41) is 9.33. The molecule has 0 saturated carbocycles. The molecule has 1 aromatic carbocycles. The van der Waals surface area contributed by atoms with Gasteiger partial charge in [0.15, 0.2) is 0 Å². The molecule has 0 N–H and O–H groups in total. The Morgan fingerprint density at radius 3 is 2.95 bits per heavy atom. The van der Waals surface area contributed by atoms with Crippen molar-refractivity contribution in [2.75, 3.05) is 0 Å². The molecule has 3 aromatic rings. The molecule has 22 heavy (non-hydrogen) atoms. The van der Waals surface area contributed by atoms with Crippen LogP contribution < -0.4 is 0 Å². The molecule has 5 heteroatoms. The summed E-state index contributed by atoms with van der Waals surface area (Å²) >= 11 is 1.66. The molecule has 0 bridgehead atoms. The van der Waals surface area contributed by atoms with E-state index >= 15 is 0 Å². The number of hydrogen-bond donors (Lipinski definition) is 0. The number of pyridine rings is 1.